The third-order valence-electron chi connectivity index (χ3n) is 5.94. The van der Waals surface area contributed by atoms with E-state index in [-0.39, 0.29) is 44.1 Å². The number of ether oxygens (including phenoxy) is 1. The number of amides is 2. The molecule has 0 bridgehead atoms. The lowest BCUT2D eigenvalue weighted by atomic mass is 10.2. The Labute approximate surface area is 235 Å². The number of pyridine rings is 1. The van der Waals surface area contributed by atoms with Gasteiger partial charge in [0, 0.05) is 50.5 Å². The maximum atomic E-state index is 14.6. The molecule has 0 saturated carbocycles. The lowest BCUT2D eigenvalue weighted by molar-refractivity contribution is -0.274. The van der Waals surface area contributed by atoms with Gasteiger partial charge in [-0.3, -0.25) is 14.4 Å². The van der Waals surface area contributed by atoms with Crippen molar-refractivity contribution in [3.63, 3.8) is 0 Å². The van der Waals surface area contributed by atoms with Gasteiger partial charge in [0.2, 0.25) is 5.91 Å². The number of alkyl halides is 4. The van der Waals surface area contributed by atoms with Crippen molar-refractivity contribution in [2.75, 3.05) is 5.32 Å². The molecule has 0 aliphatic rings. The standard InChI is InChI=1S/C26H26F4N8O4/c1-36-10-7-31-22(36)13-23(39)33-19-6-9-37(24(40)12-19)8-5-18(27)15-38-16-21(34-35-38)25(41)32-14-17-3-2-4-20(11-17)42-26(28,29)30/h2-4,6-7,9-12,16,18H,5,8,13-15H2,1H3,(H,32,41)(H,33,39). The average Bonchev–Trinajstić information content (AvgIpc) is 3.55. The lowest BCUT2D eigenvalue weighted by Crippen LogP contribution is -2.24. The number of rotatable bonds is 12. The molecule has 42 heavy (non-hydrogen) atoms. The Hall–Kier alpha value is -5.02. The zero-order chi connectivity index (χ0) is 30.3. The molecule has 0 fully saturated rings. The minimum atomic E-state index is -4.84. The molecular weight excluding hydrogens is 564 g/mol. The van der Waals surface area contributed by atoms with Crippen LogP contribution in [0.1, 0.15) is 28.3 Å². The number of imidazole rings is 1. The quantitative estimate of drug-likeness (QED) is 0.242. The van der Waals surface area contributed by atoms with Crippen LogP contribution in [0.15, 0.2) is 66.0 Å². The molecule has 3 aromatic heterocycles. The summed E-state index contributed by atoms with van der Waals surface area (Å²) < 4.78 is 59.8. The van der Waals surface area contributed by atoms with Crippen LogP contribution in [0.4, 0.5) is 23.2 Å². The van der Waals surface area contributed by atoms with Crippen LogP contribution in [0.3, 0.4) is 0 Å². The van der Waals surface area contributed by atoms with Gasteiger partial charge in [0.05, 0.1) is 19.2 Å². The number of carbonyl (C=O) groups excluding carboxylic acids is 2. The van der Waals surface area contributed by atoms with Crippen LogP contribution in [-0.4, -0.2) is 53.5 Å². The Morgan fingerprint density at radius 3 is 2.67 bits per heavy atom. The number of halogens is 4. The number of anilines is 1. The first kappa shape index (κ1) is 30.0. The summed E-state index contributed by atoms with van der Waals surface area (Å²) in [4.78, 5) is 41.1. The van der Waals surface area contributed by atoms with Crippen LogP contribution in [0.5, 0.6) is 5.75 Å². The van der Waals surface area contributed by atoms with Crippen LogP contribution < -0.4 is 20.9 Å². The zero-order valence-corrected chi connectivity index (χ0v) is 22.2. The van der Waals surface area contributed by atoms with Gasteiger partial charge in [0.15, 0.2) is 5.69 Å². The third kappa shape index (κ3) is 8.74. The molecule has 4 rings (SSSR count). The van der Waals surface area contributed by atoms with Crippen LogP contribution in [0.2, 0.25) is 0 Å². The van der Waals surface area contributed by atoms with E-state index < -0.39 is 29.7 Å². The Kier molecular flexibility index (Phi) is 9.34. The van der Waals surface area contributed by atoms with Gasteiger partial charge in [-0.15, -0.1) is 18.3 Å². The SMILES string of the molecule is Cn1ccnc1CC(=O)Nc1ccn(CCC(F)Cn2cc(C(=O)NCc3cccc(OC(F)(F)F)c3)nn2)c(=O)c1. The normalized spacial score (nSPS) is 12.1. The minimum absolute atomic E-state index is 0.0381. The fraction of sp³-hybridized carbons (Fsp3) is 0.308. The van der Waals surface area contributed by atoms with Crippen molar-refractivity contribution in [1.29, 1.82) is 0 Å². The number of benzene rings is 1. The second kappa shape index (κ2) is 13.1. The first-order valence-electron chi connectivity index (χ1n) is 12.6. The smallest absolute Gasteiger partial charge is 0.406 e. The number of nitrogens with zero attached hydrogens (tertiary/aromatic N) is 6. The van der Waals surface area contributed by atoms with E-state index in [0.717, 1.165) is 16.8 Å². The van der Waals surface area contributed by atoms with Crippen molar-refractivity contribution in [2.45, 2.75) is 45.0 Å². The molecule has 0 radical (unpaired) electrons. The van der Waals surface area contributed by atoms with Crippen molar-refractivity contribution in [3.8, 4) is 5.75 Å². The second-order valence-corrected chi connectivity index (χ2v) is 9.22. The topological polar surface area (TPSA) is 138 Å². The van der Waals surface area contributed by atoms with Gasteiger partial charge in [0.25, 0.3) is 11.5 Å². The number of nitrogens with one attached hydrogen (secondary N) is 2. The number of carbonyl (C=O) groups is 2. The number of hydrogen-bond acceptors (Lipinski definition) is 7. The molecule has 0 aliphatic heterocycles. The Balaban J connectivity index is 1.23. The summed E-state index contributed by atoms with van der Waals surface area (Å²) in [6.07, 6.45) is -0.285. The zero-order valence-electron chi connectivity index (χ0n) is 22.2. The Morgan fingerprint density at radius 2 is 1.95 bits per heavy atom. The van der Waals surface area contributed by atoms with Crippen LogP contribution >= 0.6 is 0 Å². The van der Waals surface area contributed by atoms with Gasteiger partial charge in [0.1, 0.15) is 17.7 Å². The van der Waals surface area contributed by atoms with E-state index in [2.05, 4.69) is 30.7 Å². The minimum Gasteiger partial charge on any atom is -0.406 e. The summed E-state index contributed by atoms with van der Waals surface area (Å²) >= 11 is 0. The fourth-order valence-electron chi connectivity index (χ4n) is 3.88. The monoisotopic (exact) mass is 590 g/mol. The maximum absolute atomic E-state index is 14.6. The summed E-state index contributed by atoms with van der Waals surface area (Å²) in [6.45, 7) is -0.276. The van der Waals surface area contributed by atoms with E-state index >= 15 is 0 Å². The van der Waals surface area contributed by atoms with E-state index in [9.17, 15) is 31.9 Å². The molecule has 1 unspecified atom stereocenters. The highest BCUT2D eigenvalue weighted by Crippen LogP contribution is 2.23. The van der Waals surface area contributed by atoms with E-state index in [1.165, 1.54) is 41.2 Å². The first-order chi connectivity index (χ1) is 19.9. The average molecular weight is 591 g/mol. The molecule has 2 amide bonds. The molecule has 0 spiro atoms. The maximum Gasteiger partial charge on any atom is 0.573 e. The van der Waals surface area contributed by atoms with Crippen molar-refractivity contribution in [2.24, 2.45) is 7.05 Å². The molecular formula is C26H26F4N8O4. The van der Waals surface area contributed by atoms with Gasteiger partial charge in [-0.2, -0.15) is 0 Å². The predicted molar refractivity (Wildman–Crippen MR) is 140 cm³/mol. The molecule has 222 valence electrons. The summed E-state index contributed by atoms with van der Waals surface area (Å²) in [5, 5.41) is 12.6. The summed E-state index contributed by atoms with van der Waals surface area (Å²) in [5.74, 6) is -0.844. The van der Waals surface area contributed by atoms with Gasteiger partial charge < -0.3 is 24.5 Å². The van der Waals surface area contributed by atoms with Crippen molar-refractivity contribution < 1.29 is 31.9 Å². The van der Waals surface area contributed by atoms with E-state index in [4.69, 9.17) is 0 Å². The van der Waals surface area contributed by atoms with Crippen molar-refractivity contribution in [3.05, 3.63) is 88.6 Å². The number of aryl methyl sites for hydroxylation is 2. The van der Waals surface area contributed by atoms with Gasteiger partial charge >= 0.3 is 6.36 Å². The predicted octanol–water partition coefficient (Wildman–Crippen LogP) is 2.61. The molecule has 0 saturated heterocycles. The highest BCUT2D eigenvalue weighted by atomic mass is 19.4. The lowest BCUT2D eigenvalue weighted by Gasteiger charge is -2.11. The highest BCUT2D eigenvalue weighted by Gasteiger charge is 2.31. The highest BCUT2D eigenvalue weighted by molar-refractivity contribution is 5.92. The summed E-state index contributed by atoms with van der Waals surface area (Å²) in [7, 11) is 1.76. The van der Waals surface area contributed by atoms with E-state index in [1.807, 2.05) is 0 Å². The molecule has 1 atom stereocenters. The molecule has 0 aliphatic carbocycles. The Morgan fingerprint density at radius 1 is 1.14 bits per heavy atom. The molecule has 3 heterocycles. The van der Waals surface area contributed by atoms with Crippen LogP contribution in [-0.2, 0) is 37.9 Å². The molecule has 1 aromatic carbocycles. The van der Waals surface area contributed by atoms with E-state index in [1.54, 1.807) is 24.0 Å². The number of aromatic nitrogens is 6. The number of hydrogen-bond donors (Lipinski definition) is 2. The third-order valence-corrected chi connectivity index (χ3v) is 5.94. The van der Waals surface area contributed by atoms with Gasteiger partial charge in [-0.25, -0.2) is 14.1 Å². The molecule has 16 heteroatoms. The van der Waals surface area contributed by atoms with E-state index in [0.29, 0.717) is 17.1 Å². The fourth-order valence-corrected chi connectivity index (χ4v) is 3.88. The summed E-state index contributed by atoms with van der Waals surface area (Å²) in [6, 6.07) is 7.91. The second-order valence-electron chi connectivity index (χ2n) is 9.22. The van der Waals surface area contributed by atoms with Crippen LogP contribution in [0.25, 0.3) is 0 Å². The van der Waals surface area contributed by atoms with Gasteiger partial charge in [-0.05, 0) is 30.2 Å². The molecule has 12 nitrogen and oxygen atoms in total. The largest absolute Gasteiger partial charge is 0.573 e. The summed E-state index contributed by atoms with van der Waals surface area (Å²) in [5.41, 5.74) is 0.133. The van der Waals surface area contributed by atoms with Crippen molar-refractivity contribution >= 4 is 17.5 Å². The molecule has 4 aromatic rings. The molecule has 2 N–H and O–H groups in total. The van der Waals surface area contributed by atoms with Crippen molar-refractivity contribution in [1.82, 2.24) is 34.4 Å². The first-order valence-corrected chi connectivity index (χ1v) is 12.6. The Bertz CT molecular complexity index is 1600. The van der Waals surface area contributed by atoms with Crippen LogP contribution in [0, 0.1) is 0 Å². The van der Waals surface area contributed by atoms with Gasteiger partial charge in [-0.1, -0.05) is 17.3 Å².